The lowest BCUT2D eigenvalue weighted by Gasteiger charge is -2.32. The lowest BCUT2D eigenvalue weighted by atomic mass is 9.84. The zero-order valence-corrected chi connectivity index (χ0v) is 13.9. The Morgan fingerprint density at radius 3 is 2.55 bits per heavy atom. The van der Waals surface area contributed by atoms with Crippen LogP contribution in [0.1, 0.15) is 77.6 Å². The van der Waals surface area contributed by atoms with E-state index in [4.69, 9.17) is 0 Å². The Balaban J connectivity index is 1.54. The number of nitrogens with one attached hydrogen (secondary N) is 1. The molecule has 2 saturated carbocycles. The normalized spacial score (nSPS) is 28.9. The van der Waals surface area contributed by atoms with Gasteiger partial charge in [0.05, 0.1) is 0 Å². The second kappa shape index (κ2) is 9.04. The Morgan fingerprint density at radius 2 is 1.80 bits per heavy atom. The van der Waals surface area contributed by atoms with Gasteiger partial charge in [0, 0.05) is 12.1 Å². The Bertz CT molecular complexity index is 244. The first kappa shape index (κ1) is 16.3. The standard InChI is InChI=1S/C18H36N2/c1-3-16-9-7-10-17(15-16)19-13-8-14-20(2)18-11-5-4-6-12-18/h16-19H,3-15H2,1-2H3. The van der Waals surface area contributed by atoms with Gasteiger partial charge in [0.2, 0.25) is 0 Å². The van der Waals surface area contributed by atoms with Crippen molar-refractivity contribution >= 4 is 0 Å². The lowest BCUT2D eigenvalue weighted by molar-refractivity contribution is 0.187. The molecule has 0 amide bonds. The van der Waals surface area contributed by atoms with Crippen molar-refractivity contribution in [2.45, 2.75) is 89.6 Å². The van der Waals surface area contributed by atoms with Crippen molar-refractivity contribution in [2.24, 2.45) is 5.92 Å². The Hall–Kier alpha value is -0.0800. The van der Waals surface area contributed by atoms with Gasteiger partial charge in [-0.2, -0.15) is 0 Å². The molecule has 0 aromatic carbocycles. The molecule has 0 heterocycles. The van der Waals surface area contributed by atoms with Crippen molar-refractivity contribution in [1.82, 2.24) is 10.2 Å². The number of hydrogen-bond donors (Lipinski definition) is 1. The summed E-state index contributed by atoms with van der Waals surface area (Å²) in [4.78, 5) is 2.62. The van der Waals surface area contributed by atoms with Crippen molar-refractivity contribution < 1.29 is 0 Å². The van der Waals surface area contributed by atoms with Crippen LogP contribution in [-0.2, 0) is 0 Å². The van der Waals surface area contributed by atoms with E-state index in [-0.39, 0.29) is 0 Å². The monoisotopic (exact) mass is 280 g/mol. The average molecular weight is 280 g/mol. The SMILES string of the molecule is CCC1CCCC(NCCCN(C)C2CCCCC2)C1. The minimum atomic E-state index is 0.814. The van der Waals surface area contributed by atoms with Gasteiger partial charge >= 0.3 is 0 Å². The molecule has 2 rings (SSSR count). The Labute approximate surface area is 126 Å². The van der Waals surface area contributed by atoms with E-state index in [0.717, 1.165) is 18.0 Å². The highest BCUT2D eigenvalue weighted by Gasteiger charge is 2.20. The zero-order valence-electron chi connectivity index (χ0n) is 13.9. The molecule has 0 radical (unpaired) electrons. The summed E-state index contributed by atoms with van der Waals surface area (Å²) in [7, 11) is 2.34. The van der Waals surface area contributed by atoms with Crippen molar-refractivity contribution in [1.29, 1.82) is 0 Å². The van der Waals surface area contributed by atoms with Crippen LogP contribution < -0.4 is 5.32 Å². The first-order chi connectivity index (χ1) is 9.79. The molecule has 2 atom stereocenters. The van der Waals surface area contributed by atoms with Crippen LogP contribution >= 0.6 is 0 Å². The van der Waals surface area contributed by atoms with Crippen molar-refractivity contribution in [2.75, 3.05) is 20.1 Å². The lowest BCUT2D eigenvalue weighted by Crippen LogP contribution is -2.38. The molecule has 2 unspecified atom stereocenters. The largest absolute Gasteiger partial charge is 0.314 e. The van der Waals surface area contributed by atoms with Gasteiger partial charge in [0.25, 0.3) is 0 Å². The fourth-order valence-corrected chi connectivity index (χ4v) is 4.19. The highest BCUT2D eigenvalue weighted by Crippen LogP contribution is 2.26. The van der Waals surface area contributed by atoms with Crippen LogP contribution in [0.15, 0.2) is 0 Å². The number of rotatable bonds is 7. The van der Waals surface area contributed by atoms with E-state index in [0.29, 0.717) is 0 Å². The van der Waals surface area contributed by atoms with Gasteiger partial charge in [0.1, 0.15) is 0 Å². The minimum Gasteiger partial charge on any atom is -0.314 e. The van der Waals surface area contributed by atoms with Gasteiger partial charge in [-0.25, -0.2) is 0 Å². The second-order valence-corrected chi connectivity index (χ2v) is 7.22. The summed E-state index contributed by atoms with van der Waals surface area (Å²) < 4.78 is 0. The van der Waals surface area contributed by atoms with Gasteiger partial charge in [-0.15, -0.1) is 0 Å². The van der Waals surface area contributed by atoms with E-state index >= 15 is 0 Å². The highest BCUT2D eigenvalue weighted by atomic mass is 15.1. The van der Waals surface area contributed by atoms with Gasteiger partial charge in [0.15, 0.2) is 0 Å². The molecule has 2 aliphatic carbocycles. The van der Waals surface area contributed by atoms with E-state index in [1.165, 1.54) is 83.7 Å². The van der Waals surface area contributed by atoms with Crippen LogP contribution in [-0.4, -0.2) is 37.1 Å². The first-order valence-corrected chi connectivity index (χ1v) is 9.23. The van der Waals surface area contributed by atoms with Crippen molar-refractivity contribution in [3.8, 4) is 0 Å². The molecule has 2 aliphatic rings. The molecule has 20 heavy (non-hydrogen) atoms. The maximum absolute atomic E-state index is 3.82. The summed E-state index contributed by atoms with van der Waals surface area (Å²) in [5.41, 5.74) is 0. The quantitative estimate of drug-likeness (QED) is 0.703. The molecule has 2 heteroatoms. The maximum atomic E-state index is 3.82. The molecule has 0 aliphatic heterocycles. The summed E-state index contributed by atoms with van der Waals surface area (Å²) in [5.74, 6) is 0.992. The van der Waals surface area contributed by atoms with Gasteiger partial charge in [-0.05, 0) is 58.2 Å². The molecule has 118 valence electrons. The fourth-order valence-electron chi connectivity index (χ4n) is 4.19. The van der Waals surface area contributed by atoms with Crippen molar-refractivity contribution in [3.05, 3.63) is 0 Å². The summed E-state index contributed by atoms with van der Waals surface area (Å²) in [5, 5.41) is 3.82. The van der Waals surface area contributed by atoms with Crippen LogP contribution in [0.5, 0.6) is 0 Å². The topological polar surface area (TPSA) is 15.3 Å². The predicted molar refractivity (Wildman–Crippen MR) is 88.2 cm³/mol. The predicted octanol–water partition coefficient (Wildman–Crippen LogP) is 4.20. The Kier molecular flexibility index (Phi) is 7.37. The number of nitrogens with zero attached hydrogens (tertiary/aromatic N) is 1. The molecular formula is C18H36N2. The van der Waals surface area contributed by atoms with Gasteiger partial charge in [-0.3, -0.25) is 0 Å². The van der Waals surface area contributed by atoms with Crippen molar-refractivity contribution in [3.63, 3.8) is 0 Å². The fraction of sp³-hybridized carbons (Fsp3) is 1.00. The zero-order chi connectivity index (χ0) is 14.2. The molecule has 0 bridgehead atoms. The van der Waals surface area contributed by atoms with Crippen LogP contribution in [0.25, 0.3) is 0 Å². The molecule has 1 N–H and O–H groups in total. The maximum Gasteiger partial charge on any atom is 0.00922 e. The summed E-state index contributed by atoms with van der Waals surface area (Å²) >= 11 is 0. The van der Waals surface area contributed by atoms with Crippen LogP contribution in [0.3, 0.4) is 0 Å². The van der Waals surface area contributed by atoms with Crippen LogP contribution in [0.2, 0.25) is 0 Å². The molecule has 2 nitrogen and oxygen atoms in total. The van der Waals surface area contributed by atoms with E-state index in [2.05, 4.69) is 24.2 Å². The van der Waals surface area contributed by atoms with E-state index in [1.54, 1.807) is 0 Å². The third-order valence-corrected chi connectivity index (χ3v) is 5.68. The minimum absolute atomic E-state index is 0.814. The summed E-state index contributed by atoms with van der Waals surface area (Å²) in [6.45, 7) is 4.85. The molecule has 0 saturated heterocycles. The highest BCUT2D eigenvalue weighted by molar-refractivity contribution is 4.78. The summed E-state index contributed by atoms with van der Waals surface area (Å²) in [6, 6.07) is 1.69. The van der Waals surface area contributed by atoms with E-state index < -0.39 is 0 Å². The molecular weight excluding hydrogens is 244 g/mol. The molecule has 0 aromatic rings. The van der Waals surface area contributed by atoms with Gasteiger partial charge in [-0.1, -0.05) is 45.4 Å². The first-order valence-electron chi connectivity index (χ1n) is 9.23. The van der Waals surface area contributed by atoms with Crippen LogP contribution in [0.4, 0.5) is 0 Å². The molecule has 0 spiro atoms. The van der Waals surface area contributed by atoms with E-state index in [9.17, 15) is 0 Å². The molecule has 0 aromatic heterocycles. The van der Waals surface area contributed by atoms with E-state index in [1.807, 2.05) is 0 Å². The average Bonchev–Trinajstić information content (AvgIpc) is 2.52. The van der Waals surface area contributed by atoms with Crippen LogP contribution in [0, 0.1) is 5.92 Å². The second-order valence-electron chi connectivity index (χ2n) is 7.22. The Morgan fingerprint density at radius 1 is 1.00 bits per heavy atom. The number of hydrogen-bond acceptors (Lipinski definition) is 2. The molecule has 2 fully saturated rings. The third-order valence-electron chi connectivity index (χ3n) is 5.68. The van der Waals surface area contributed by atoms with Gasteiger partial charge < -0.3 is 10.2 Å². The third kappa shape index (κ3) is 5.37. The summed E-state index contributed by atoms with van der Waals surface area (Å²) in [6.07, 6.45) is 15.7. The smallest absolute Gasteiger partial charge is 0.00922 e.